The molecule has 210 valence electrons. The van der Waals surface area contributed by atoms with Crippen molar-refractivity contribution in [3.8, 4) is 0 Å². The molecule has 4 aromatic rings. The second kappa shape index (κ2) is 10.6. The lowest BCUT2D eigenvalue weighted by Gasteiger charge is -2.19. The normalized spacial score (nSPS) is 12.9. The Hall–Kier alpha value is -3.92. The second-order valence-electron chi connectivity index (χ2n) is 10.5. The monoisotopic (exact) mass is 573 g/mol. The molecule has 0 bridgehead atoms. The topological polar surface area (TPSA) is 76.4 Å². The Kier molecular flexibility index (Phi) is 7.68. The summed E-state index contributed by atoms with van der Waals surface area (Å²) >= 11 is 0. The number of fused-ring (bicyclic) bond motifs is 1. The van der Waals surface area contributed by atoms with E-state index in [1.807, 2.05) is 24.3 Å². The van der Waals surface area contributed by atoms with Gasteiger partial charge in [-0.1, -0.05) is 57.2 Å². The molecule has 0 fully saturated rings. The Morgan fingerprint density at radius 2 is 1.68 bits per heavy atom. The molecule has 0 saturated carbocycles. The van der Waals surface area contributed by atoms with Gasteiger partial charge in [-0.05, 0) is 64.6 Å². The molecule has 1 heterocycles. The highest BCUT2D eigenvalue weighted by atomic mass is 32.2. The van der Waals surface area contributed by atoms with Crippen molar-refractivity contribution in [3.05, 3.63) is 112 Å². The fraction of sp³-hybridized carbons (Fsp3) is 0.233. The molecule has 1 aromatic heterocycles. The number of carbonyl (C=O) groups is 1. The molecule has 40 heavy (non-hydrogen) atoms. The smallest absolute Gasteiger partial charge is 0.416 e. The molecule has 0 aliphatic heterocycles. The summed E-state index contributed by atoms with van der Waals surface area (Å²) in [5.74, 6) is -2.55. The highest BCUT2D eigenvalue weighted by molar-refractivity contribution is 7.90. The molecular formula is C30H27F4NO4S. The van der Waals surface area contributed by atoms with E-state index in [4.69, 9.17) is 0 Å². The lowest BCUT2D eigenvalue weighted by molar-refractivity contribution is -0.137. The van der Waals surface area contributed by atoms with Crippen LogP contribution in [-0.4, -0.2) is 29.2 Å². The van der Waals surface area contributed by atoms with E-state index < -0.39 is 39.3 Å². The largest absolute Gasteiger partial charge is 0.478 e. The summed E-state index contributed by atoms with van der Waals surface area (Å²) in [5, 5.41) is 9.29. The summed E-state index contributed by atoms with van der Waals surface area (Å²) in [5.41, 5.74) is 0.451. The fourth-order valence-electron chi connectivity index (χ4n) is 4.40. The number of nitrogens with zero attached hydrogens (tertiary/aromatic N) is 1. The summed E-state index contributed by atoms with van der Waals surface area (Å²) in [6.45, 7) is 6.16. The molecule has 4 rings (SSSR count). The van der Waals surface area contributed by atoms with Gasteiger partial charge in [0.1, 0.15) is 5.82 Å². The van der Waals surface area contributed by atoms with Crippen LogP contribution in [0.5, 0.6) is 0 Å². The van der Waals surface area contributed by atoms with Crippen molar-refractivity contribution < 1.29 is 35.9 Å². The predicted octanol–water partition coefficient (Wildman–Crippen LogP) is 7.28. The summed E-state index contributed by atoms with van der Waals surface area (Å²) in [6, 6.07) is 14.7. The van der Waals surface area contributed by atoms with Crippen LogP contribution < -0.4 is 0 Å². The Bertz CT molecular complexity index is 1730. The van der Waals surface area contributed by atoms with E-state index in [0.29, 0.717) is 0 Å². The number of hydrogen-bond donors (Lipinski definition) is 1. The molecule has 1 N–H and O–H groups in total. The summed E-state index contributed by atoms with van der Waals surface area (Å²) in [7, 11) is -4.18. The van der Waals surface area contributed by atoms with Crippen LogP contribution in [0.4, 0.5) is 17.6 Å². The molecular weight excluding hydrogens is 546 g/mol. The Morgan fingerprint density at radius 3 is 2.33 bits per heavy atom. The maximum Gasteiger partial charge on any atom is 0.416 e. The Labute approximate surface area is 229 Å². The zero-order chi connectivity index (χ0) is 29.5. The molecule has 10 heteroatoms. The van der Waals surface area contributed by atoms with E-state index in [1.165, 1.54) is 12.1 Å². The van der Waals surface area contributed by atoms with Crippen molar-refractivity contribution >= 4 is 33.0 Å². The van der Waals surface area contributed by atoms with Gasteiger partial charge in [0.05, 0.1) is 22.4 Å². The van der Waals surface area contributed by atoms with E-state index in [2.05, 4.69) is 20.8 Å². The number of carboxylic acids is 1. The fourth-order valence-corrected chi connectivity index (χ4v) is 5.83. The predicted molar refractivity (Wildman–Crippen MR) is 146 cm³/mol. The maximum absolute atomic E-state index is 14.6. The molecule has 0 aliphatic carbocycles. The first-order valence-electron chi connectivity index (χ1n) is 12.3. The summed E-state index contributed by atoms with van der Waals surface area (Å²) < 4.78 is 82.8. The van der Waals surface area contributed by atoms with Crippen LogP contribution in [0.3, 0.4) is 0 Å². The number of benzene rings is 3. The molecule has 5 nitrogen and oxygen atoms in total. The van der Waals surface area contributed by atoms with Gasteiger partial charge in [-0.15, -0.1) is 0 Å². The molecule has 0 radical (unpaired) electrons. The average molecular weight is 574 g/mol. The molecule has 0 amide bonds. The number of alkyl halides is 3. The van der Waals surface area contributed by atoms with Crippen LogP contribution >= 0.6 is 0 Å². The van der Waals surface area contributed by atoms with E-state index in [1.54, 1.807) is 6.08 Å². The third kappa shape index (κ3) is 6.28. The van der Waals surface area contributed by atoms with Crippen LogP contribution in [0.2, 0.25) is 0 Å². The average Bonchev–Trinajstić information content (AvgIpc) is 3.22. The van der Waals surface area contributed by atoms with Crippen LogP contribution in [0.15, 0.2) is 72.8 Å². The van der Waals surface area contributed by atoms with Crippen molar-refractivity contribution in [1.82, 2.24) is 3.97 Å². The lowest BCUT2D eigenvalue weighted by Crippen LogP contribution is -2.18. The van der Waals surface area contributed by atoms with Gasteiger partial charge < -0.3 is 5.11 Å². The minimum Gasteiger partial charge on any atom is -0.478 e. The Morgan fingerprint density at radius 1 is 0.950 bits per heavy atom. The van der Waals surface area contributed by atoms with E-state index in [0.717, 1.165) is 51.5 Å². The Balaban J connectivity index is 1.78. The third-order valence-corrected chi connectivity index (χ3v) is 8.07. The van der Waals surface area contributed by atoms with Crippen LogP contribution in [0.25, 0.3) is 17.0 Å². The summed E-state index contributed by atoms with van der Waals surface area (Å²) in [6.07, 6.45) is -1.92. The van der Waals surface area contributed by atoms with Crippen molar-refractivity contribution in [1.29, 1.82) is 0 Å². The van der Waals surface area contributed by atoms with Gasteiger partial charge in [-0.3, -0.25) is 0 Å². The van der Waals surface area contributed by atoms with Crippen molar-refractivity contribution in [3.63, 3.8) is 0 Å². The minimum absolute atomic E-state index is 0.000859. The number of halogens is 4. The molecule has 0 atom stereocenters. The van der Waals surface area contributed by atoms with Crippen molar-refractivity contribution in [2.75, 3.05) is 5.75 Å². The van der Waals surface area contributed by atoms with Crippen LogP contribution in [0.1, 0.15) is 59.1 Å². The molecule has 3 aromatic carbocycles. The van der Waals surface area contributed by atoms with Gasteiger partial charge >= 0.3 is 12.1 Å². The maximum atomic E-state index is 14.6. The van der Waals surface area contributed by atoms with E-state index in [9.17, 15) is 35.9 Å². The van der Waals surface area contributed by atoms with Crippen LogP contribution in [-0.2, 0) is 28.0 Å². The standard InChI is InChI=1S/C30H27F4NO4S/c1-29(2,3)23-8-4-6-19(14-23)7-5-13-40(38,39)35-25(17-21-15-20(28(36)37)9-11-26(21)31)18-22-16-24(30(32,33)34)10-12-27(22)35/h4-12,14-16,18H,13,17H2,1-3H3,(H,36,37). The lowest BCUT2D eigenvalue weighted by atomic mass is 9.86. The summed E-state index contributed by atoms with van der Waals surface area (Å²) in [4.78, 5) is 11.4. The number of aromatic carboxylic acids is 1. The molecule has 0 aliphatic rings. The first kappa shape index (κ1) is 29.1. The van der Waals surface area contributed by atoms with Gasteiger partial charge in [0.25, 0.3) is 0 Å². The first-order chi connectivity index (χ1) is 18.6. The second-order valence-corrected chi connectivity index (χ2v) is 12.4. The zero-order valence-electron chi connectivity index (χ0n) is 22.0. The molecule has 0 spiro atoms. The van der Waals surface area contributed by atoms with Gasteiger partial charge in [-0.2, -0.15) is 13.2 Å². The quantitative estimate of drug-likeness (QED) is 0.236. The zero-order valence-corrected chi connectivity index (χ0v) is 22.8. The van der Waals surface area contributed by atoms with Crippen molar-refractivity contribution in [2.45, 2.75) is 38.8 Å². The van der Waals surface area contributed by atoms with Gasteiger partial charge in [0, 0.05) is 17.5 Å². The minimum atomic E-state index is -4.65. The number of carboxylic acid groups (broad SMARTS) is 1. The van der Waals surface area contributed by atoms with Gasteiger partial charge in [-0.25, -0.2) is 21.6 Å². The number of hydrogen-bond acceptors (Lipinski definition) is 3. The SMILES string of the molecule is CC(C)(C)c1cccc(C=CCS(=O)(=O)n2c(Cc3cc(C(=O)O)ccc3F)cc3cc(C(F)(F)F)ccc32)c1. The number of rotatable bonds is 7. The van der Waals surface area contributed by atoms with Crippen molar-refractivity contribution in [2.24, 2.45) is 0 Å². The van der Waals surface area contributed by atoms with Gasteiger partial charge in [0.15, 0.2) is 0 Å². The first-order valence-corrected chi connectivity index (χ1v) is 13.9. The van der Waals surface area contributed by atoms with E-state index in [-0.39, 0.29) is 39.6 Å². The molecule has 0 saturated heterocycles. The third-order valence-electron chi connectivity index (χ3n) is 6.47. The van der Waals surface area contributed by atoms with Crippen LogP contribution in [0, 0.1) is 5.82 Å². The molecule has 0 unspecified atom stereocenters. The highest BCUT2D eigenvalue weighted by Gasteiger charge is 2.31. The van der Waals surface area contributed by atoms with Gasteiger partial charge in [0.2, 0.25) is 10.0 Å². The highest BCUT2D eigenvalue weighted by Crippen LogP contribution is 2.34. The number of aromatic nitrogens is 1. The van der Waals surface area contributed by atoms with E-state index >= 15 is 0 Å².